The monoisotopic (exact) mass is 413 g/mol. The summed E-state index contributed by atoms with van der Waals surface area (Å²) in [4.78, 5) is 17.0. The van der Waals surface area contributed by atoms with Crippen molar-refractivity contribution in [2.75, 3.05) is 0 Å². The van der Waals surface area contributed by atoms with Gasteiger partial charge in [0.05, 0.1) is 29.8 Å². The van der Waals surface area contributed by atoms with Gasteiger partial charge in [0.1, 0.15) is 5.82 Å². The smallest absolute Gasteiger partial charge is 0.244 e. The molecule has 2 heterocycles. The molecule has 158 valence electrons. The summed E-state index contributed by atoms with van der Waals surface area (Å²) in [7, 11) is 1.96. The van der Waals surface area contributed by atoms with E-state index in [2.05, 4.69) is 46.6 Å². The number of aryl methyl sites for hydroxylation is 3. The van der Waals surface area contributed by atoms with Crippen LogP contribution < -0.4 is 5.32 Å². The van der Waals surface area contributed by atoms with Crippen LogP contribution in [0.25, 0.3) is 17.1 Å². The van der Waals surface area contributed by atoms with E-state index in [1.54, 1.807) is 6.08 Å². The molecule has 0 spiro atoms. The van der Waals surface area contributed by atoms with Gasteiger partial charge in [-0.2, -0.15) is 5.10 Å². The number of hydrogen-bond donors (Lipinski definition) is 1. The molecule has 0 aliphatic heterocycles. The average Bonchev–Trinajstić information content (AvgIpc) is 3.22. The van der Waals surface area contributed by atoms with E-state index < -0.39 is 0 Å². The van der Waals surface area contributed by atoms with Gasteiger partial charge in [-0.25, -0.2) is 4.98 Å². The van der Waals surface area contributed by atoms with E-state index in [1.165, 1.54) is 11.1 Å². The summed E-state index contributed by atoms with van der Waals surface area (Å²) in [5.74, 6) is 0.665. The van der Waals surface area contributed by atoms with E-state index in [0.717, 1.165) is 33.8 Å². The fourth-order valence-electron chi connectivity index (χ4n) is 3.71. The first-order chi connectivity index (χ1) is 14.9. The SMILES string of the molecule is Cc1ccc(Cn2nc(C)c(/C=C/C(=O)NCc3nc4ccccc4n3C)c2C)cc1. The normalized spacial score (nSPS) is 11.5. The number of aromatic nitrogens is 4. The summed E-state index contributed by atoms with van der Waals surface area (Å²) < 4.78 is 3.99. The van der Waals surface area contributed by atoms with E-state index in [0.29, 0.717) is 13.1 Å². The fraction of sp³-hybridized carbons (Fsp3) is 0.240. The van der Waals surface area contributed by atoms with Gasteiger partial charge in [0.15, 0.2) is 0 Å². The Kier molecular flexibility index (Phi) is 5.71. The van der Waals surface area contributed by atoms with Gasteiger partial charge in [-0.3, -0.25) is 9.48 Å². The lowest BCUT2D eigenvalue weighted by Gasteiger charge is -2.05. The summed E-state index contributed by atoms with van der Waals surface area (Å²) in [5, 5.41) is 7.58. The second-order valence-corrected chi connectivity index (χ2v) is 7.85. The number of benzene rings is 2. The van der Waals surface area contributed by atoms with E-state index in [4.69, 9.17) is 0 Å². The van der Waals surface area contributed by atoms with Crippen molar-refractivity contribution in [3.8, 4) is 0 Å². The first-order valence-electron chi connectivity index (χ1n) is 10.4. The Morgan fingerprint density at radius 2 is 1.81 bits per heavy atom. The number of imidazole rings is 1. The summed E-state index contributed by atoms with van der Waals surface area (Å²) >= 11 is 0. The third-order valence-corrected chi connectivity index (χ3v) is 5.59. The minimum atomic E-state index is -0.155. The quantitative estimate of drug-likeness (QED) is 0.485. The zero-order valence-corrected chi connectivity index (χ0v) is 18.4. The molecular formula is C25H27N5O. The number of hydrogen-bond acceptors (Lipinski definition) is 3. The van der Waals surface area contributed by atoms with Crippen LogP contribution in [0.15, 0.2) is 54.6 Å². The Hall–Kier alpha value is -3.67. The maximum absolute atomic E-state index is 12.4. The Morgan fingerprint density at radius 3 is 2.55 bits per heavy atom. The Balaban J connectivity index is 1.42. The van der Waals surface area contributed by atoms with Crippen molar-refractivity contribution in [1.82, 2.24) is 24.6 Å². The van der Waals surface area contributed by atoms with Gasteiger partial charge in [-0.1, -0.05) is 42.0 Å². The molecule has 0 aliphatic rings. The number of rotatable bonds is 6. The molecule has 6 nitrogen and oxygen atoms in total. The van der Waals surface area contributed by atoms with E-state index in [-0.39, 0.29) is 5.91 Å². The number of para-hydroxylation sites is 2. The minimum Gasteiger partial charge on any atom is -0.345 e. The molecule has 1 amide bonds. The molecule has 0 aliphatic carbocycles. The fourth-order valence-corrected chi connectivity index (χ4v) is 3.71. The van der Waals surface area contributed by atoms with Crippen molar-refractivity contribution in [2.45, 2.75) is 33.9 Å². The van der Waals surface area contributed by atoms with Crippen molar-refractivity contribution in [3.63, 3.8) is 0 Å². The largest absolute Gasteiger partial charge is 0.345 e. The van der Waals surface area contributed by atoms with Crippen LogP contribution in [0.3, 0.4) is 0 Å². The molecule has 0 saturated heterocycles. The van der Waals surface area contributed by atoms with Crippen LogP contribution in [0.2, 0.25) is 0 Å². The average molecular weight is 414 g/mol. The number of amides is 1. The molecule has 2 aromatic carbocycles. The van der Waals surface area contributed by atoms with Crippen LogP contribution in [-0.4, -0.2) is 25.2 Å². The van der Waals surface area contributed by atoms with Crippen molar-refractivity contribution < 1.29 is 4.79 Å². The Labute approximate surface area is 182 Å². The van der Waals surface area contributed by atoms with E-state index >= 15 is 0 Å². The lowest BCUT2D eigenvalue weighted by atomic mass is 10.1. The predicted octanol–water partition coefficient (Wildman–Crippen LogP) is 4.07. The predicted molar refractivity (Wildman–Crippen MR) is 124 cm³/mol. The van der Waals surface area contributed by atoms with Gasteiger partial charge in [-0.05, 0) is 44.5 Å². The molecular weight excluding hydrogens is 386 g/mol. The van der Waals surface area contributed by atoms with Gasteiger partial charge in [-0.15, -0.1) is 0 Å². The van der Waals surface area contributed by atoms with Crippen molar-refractivity contribution >= 4 is 23.0 Å². The first-order valence-corrected chi connectivity index (χ1v) is 10.4. The van der Waals surface area contributed by atoms with Crippen LogP contribution in [0.4, 0.5) is 0 Å². The van der Waals surface area contributed by atoms with Crippen LogP contribution in [0.5, 0.6) is 0 Å². The topological polar surface area (TPSA) is 64.7 Å². The zero-order chi connectivity index (χ0) is 22.0. The molecule has 4 rings (SSSR count). The lowest BCUT2D eigenvalue weighted by molar-refractivity contribution is -0.116. The molecule has 0 fully saturated rings. The van der Waals surface area contributed by atoms with Gasteiger partial charge in [0.25, 0.3) is 0 Å². The highest BCUT2D eigenvalue weighted by molar-refractivity contribution is 5.92. The molecule has 0 atom stereocenters. The molecule has 0 unspecified atom stereocenters. The standard InChI is InChI=1S/C25H27N5O/c1-17-9-11-20(12-10-17)16-30-19(3)21(18(2)28-30)13-14-25(31)26-15-24-27-22-7-5-6-8-23(22)29(24)4/h5-14H,15-16H2,1-4H3,(H,26,31)/b14-13+. The number of nitrogens with zero attached hydrogens (tertiary/aromatic N) is 4. The van der Waals surface area contributed by atoms with Gasteiger partial charge in [0.2, 0.25) is 5.91 Å². The number of fused-ring (bicyclic) bond motifs is 1. The first kappa shape index (κ1) is 20.6. The molecule has 31 heavy (non-hydrogen) atoms. The van der Waals surface area contributed by atoms with Crippen molar-refractivity contribution in [2.24, 2.45) is 7.05 Å². The third-order valence-electron chi connectivity index (χ3n) is 5.59. The highest BCUT2D eigenvalue weighted by atomic mass is 16.1. The third kappa shape index (κ3) is 4.43. The maximum atomic E-state index is 12.4. The molecule has 2 aromatic heterocycles. The van der Waals surface area contributed by atoms with Crippen molar-refractivity contribution in [3.05, 3.63) is 88.5 Å². The maximum Gasteiger partial charge on any atom is 0.244 e. The van der Waals surface area contributed by atoms with Crippen LogP contribution >= 0.6 is 0 Å². The molecule has 1 N–H and O–H groups in total. The molecule has 4 aromatic rings. The lowest BCUT2D eigenvalue weighted by Crippen LogP contribution is -2.22. The zero-order valence-electron chi connectivity index (χ0n) is 18.4. The molecule has 6 heteroatoms. The molecule has 0 bridgehead atoms. The second kappa shape index (κ2) is 8.60. The van der Waals surface area contributed by atoms with E-state index in [1.807, 2.05) is 60.5 Å². The number of carbonyl (C=O) groups is 1. The summed E-state index contributed by atoms with van der Waals surface area (Å²) in [6.45, 7) is 7.16. The number of carbonyl (C=O) groups excluding carboxylic acids is 1. The summed E-state index contributed by atoms with van der Waals surface area (Å²) in [6.07, 6.45) is 3.41. The van der Waals surface area contributed by atoms with E-state index in [9.17, 15) is 4.79 Å². The number of nitrogens with one attached hydrogen (secondary N) is 1. The van der Waals surface area contributed by atoms with Crippen molar-refractivity contribution in [1.29, 1.82) is 0 Å². The molecule has 0 radical (unpaired) electrons. The molecule has 0 saturated carbocycles. The van der Waals surface area contributed by atoms with Crippen LogP contribution in [0, 0.1) is 20.8 Å². The van der Waals surface area contributed by atoms with Gasteiger partial charge in [0, 0.05) is 24.4 Å². The second-order valence-electron chi connectivity index (χ2n) is 7.85. The highest BCUT2D eigenvalue weighted by Crippen LogP contribution is 2.17. The minimum absolute atomic E-state index is 0.155. The van der Waals surface area contributed by atoms with Crippen LogP contribution in [-0.2, 0) is 24.9 Å². The van der Waals surface area contributed by atoms with Gasteiger partial charge < -0.3 is 9.88 Å². The highest BCUT2D eigenvalue weighted by Gasteiger charge is 2.11. The summed E-state index contributed by atoms with van der Waals surface area (Å²) in [6, 6.07) is 16.4. The Morgan fingerprint density at radius 1 is 1.06 bits per heavy atom. The Bertz CT molecular complexity index is 1260. The van der Waals surface area contributed by atoms with Gasteiger partial charge >= 0.3 is 0 Å². The summed E-state index contributed by atoms with van der Waals surface area (Å²) in [5.41, 5.74) is 7.34. The van der Waals surface area contributed by atoms with Crippen LogP contribution in [0.1, 0.15) is 33.9 Å².